The van der Waals surface area contributed by atoms with Crippen molar-refractivity contribution < 1.29 is 14.7 Å². The van der Waals surface area contributed by atoms with Crippen LogP contribution in [-0.2, 0) is 5.75 Å². The van der Waals surface area contributed by atoms with E-state index in [1.54, 1.807) is 6.92 Å². The Morgan fingerprint density at radius 2 is 1.75 bits per heavy atom. The zero-order valence-corrected chi connectivity index (χ0v) is 10.3. The molecule has 4 nitrogen and oxygen atoms in total. The summed E-state index contributed by atoms with van der Waals surface area (Å²) >= 11 is 4.06. The molecule has 0 fully saturated rings. The number of thiol groups is 1. The van der Waals surface area contributed by atoms with Gasteiger partial charge in [0.05, 0.1) is 22.5 Å². The summed E-state index contributed by atoms with van der Waals surface area (Å²) in [5, 5.41) is 9.76. The summed E-state index contributed by atoms with van der Waals surface area (Å²) in [5.41, 5.74) is 0.977. The summed E-state index contributed by atoms with van der Waals surface area (Å²) in [6.45, 7) is 4.23. The van der Waals surface area contributed by atoms with Crippen LogP contribution in [0.15, 0.2) is 0 Å². The summed E-state index contributed by atoms with van der Waals surface area (Å²) in [6.07, 6.45) is 0. The van der Waals surface area contributed by atoms with Gasteiger partial charge in [-0.3, -0.25) is 14.6 Å². The van der Waals surface area contributed by atoms with Crippen LogP contribution in [0.3, 0.4) is 0 Å². The van der Waals surface area contributed by atoms with E-state index in [1.165, 1.54) is 13.8 Å². The summed E-state index contributed by atoms with van der Waals surface area (Å²) in [7, 11) is 0. The monoisotopic (exact) mass is 239 g/mol. The molecule has 0 radical (unpaired) electrons. The molecular formula is C11H13NO3S. The van der Waals surface area contributed by atoms with Crippen LogP contribution < -0.4 is 0 Å². The number of aromatic nitrogens is 1. The van der Waals surface area contributed by atoms with Crippen molar-refractivity contribution in [3.8, 4) is 5.75 Å². The fraction of sp³-hybridized carbons (Fsp3) is 0.364. The fourth-order valence-corrected chi connectivity index (χ4v) is 1.82. The first-order chi connectivity index (χ1) is 7.40. The number of pyridine rings is 1. The van der Waals surface area contributed by atoms with Crippen LogP contribution in [0.2, 0.25) is 0 Å². The van der Waals surface area contributed by atoms with Crippen molar-refractivity contribution in [2.45, 2.75) is 26.5 Å². The number of nitrogens with zero attached hydrogens (tertiary/aromatic N) is 1. The Morgan fingerprint density at radius 3 is 2.12 bits per heavy atom. The van der Waals surface area contributed by atoms with Gasteiger partial charge in [-0.1, -0.05) is 0 Å². The average molecular weight is 239 g/mol. The van der Waals surface area contributed by atoms with E-state index in [-0.39, 0.29) is 34.2 Å². The number of carbonyl (C=O) groups is 2. The van der Waals surface area contributed by atoms with Gasteiger partial charge < -0.3 is 5.11 Å². The van der Waals surface area contributed by atoms with E-state index in [2.05, 4.69) is 17.6 Å². The van der Waals surface area contributed by atoms with Gasteiger partial charge in [-0.05, 0) is 20.8 Å². The Labute approximate surface area is 99.1 Å². The molecule has 0 saturated carbocycles. The number of ketones is 2. The first kappa shape index (κ1) is 12.7. The maximum absolute atomic E-state index is 11.5. The zero-order valence-electron chi connectivity index (χ0n) is 9.37. The molecular weight excluding hydrogens is 226 g/mol. The van der Waals surface area contributed by atoms with E-state index in [0.29, 0.717) is 11.4 Å². The van der Waals surface area contributed by atoms with Gasteiger partial charge in [0.2, 0.25) is 0 Å². The van der Waals surface area contributed by atoms with Crippen LogP contribution in [-0.4, -0.2) is 21.7 Å². The minimum Gasteiger partial charge on any atom is -0.505 e. The van der Waals surface area contributed by atoms with Crippen molar-refractivity contribution in [1.29, 1.82) is 0 Å². The highest BCUT2D eigenvalue weighted by molar-refractivity contribution is 7.79. The van der Waals surface area contributed by atoms with Gasteiger partial charge in [-0.15, -0.1) is 0 Å². The maximum Gasteiger partial charge on any atom is 0.164 e. The van der Waals surface area contributed by atoms with Crippen molar-refractivity contribution in [2.75, 3.05) is 0 Å². The standard InChI is InChI=1S/C11H13NO3S/c1-5-11(15)10(7(3)14)9(6(2)13)8(4-16)12-5/h15-16H,4H2,1-3H3. The van der Waals surface area contributed by atoms with E-state index in [1.807, 2.05) is 0 Å². The van der Waals surface area contributed by atoms with Crippen LogP contribution in [0.1, 0.15) is 46.0 Å². The number of aromatic hydroxyl groups is 1. The normalized spacial score (nSPS) is 10.2. The zero-order chi connectivity index (χ0) is 12.5. The molecule has 0 aliphatic rings. The Morgan fingerprint density at radius 1 is 1.25 bits per heavy atom. The van der Waals surface area contributed by atoms with Crippen LogP contribution in [0.25, 0.3) is 0 Å². The molecule has 1 rings (SSSR count). The lowest BCUT2D eigenvalue weighted by atomic mass is 9.98. The summed E-state index contributed by atoms with van der Waals surface area (Å²) < 4.78 is 0. The lowest BCUT2D eigenvalue weighted by Crippen LogP contribution is -2.11. The minimum absolute atomic E-state index is 0.0454. The Bertz CT molecular complexity index is 469. The highest BCUT2D eigenvalue weighted by Gasteiger charge is 2.22. The molecule has 16 heavy (non-hydrogen) atoms. The van der Waals surface area contributed by atoms with Gasteiger partial charge in [0.1, 0.15) is 5.75 Å². The van der Waals surface area contributed by atoms with Gasteiger partial charge in [0.15, 0.2) is 11.6 Å². The topological polar surface area (TPSA) is 67.3 Å². The third kappa shape index (κ3) is 2.09. The number of rotatable bonds is 3. The highest BCUT2D eigenvalue weighted by Crippen LogP contribution is 2.28. The van der Waals surface area contributed by atoms with Crippen LogP contribution in [0.4, 0.5) is 0 Å². The average Bonchev–Trinajstić information content (AvgIpc) is 2.19. The van der Waals surface area contributed by atoms with E-state index in [4.69, 9.17) is 0 Å². The molecule has 0 aliphatic heterocycles. The minimum atomic E-state index is -0.351. The van der Waals surface area contributed by atoms with Crippen LogP contribution in [0.5, 0.6) is 5.75 Å². The largest absolute Gasteiger partial charge is 0.505 e. The van der Waals surface area contributed by atoms with Gasteiger partial charge in [-0.2, -0.15) is 12.6 Å². The van der Waals surface area contributed by atoms with Gasteiger partial charge >= 0.3 is 0 Å². The van der Waals surface area contributed by atoms with E-state index < -0.39 is 0 Å². The smallest absolute Gasteiger partial charge is 0.164 e. The second-order valence-corrected chi connectivity index (χ2v) is 3.83. The molecule has 0 spiro atoms. The van der Waals surface area contributed by atoms with Crippen molar-refractivity contribution in [3.63, 3.8) is 0 Å². The van der Waals surface area contributed by atoms with Crippen molar-refractivity contribution >= 4 is 24.2 Å². The second kappa shape index (κ2) is 4.65. The fourth-order valence-electron chi connectivity index (χ4n) is 1.59. The quantitative estimate of drug-likeness (QED) is 0.624. The third-order valence-corrected chi connectivity index (χ3v) is 2.57. The molecule has 1 aromatic heterocycles. The van der Waals surface area contributed by atoms with Gasteiger partial charge in [0.25, 0.3) is 0 Å². The molecule has 0 atom stereocenters. The molecule has 0 aromatic carbocycles. The molecule has 0 amide bonds. The van der Waals surface area contributed by atoms with Crippen molar-refractivity contribution in [2.24, 2.45) is 0 Å². The summed E-state index contributed by atoms with van der Waals surface area (Å²) in [5.74, 6) is -0.618. The molecule has 0 saturated heterocycles. The third-order valence-electron chi connectivity index (χ3n) is 2.27. The first-order valence-corrected chi connectivity index (χ1v) is 5.38. The number of hydrogen-bond acceptors (Lipinski definition) is 5. The number of hydrogen-bond donors (Lipinski definition) is 2. The van der Waals surface area contributed by atoms with E-state index in [0.717, 1.165) is 0 Å². The van der Waals surface area contributed by atoms with Gasteiger partial charge in [-0.25, -0.2) is 0 Å². The lowest BCUT2D eigenvalue weighted by Gasteiger charge is -2.12. The predicted octanol–water partition coefficient (Wildman–Crippen LogP) is 1.93. The number of aryl methyl sites for hydroxylation is 1. The molecule has 1 N–H and O–H groups in total. The Kier molecular flexibility index (Phi) is 3.70. The molecule has 86 valence electrons. The predicted molar refractivity (Wildman–Crippen MR) is 63.3 cm³/mol. The molecule has 1 heterocycles. The summed E-state index contributed by atoms with van der Waals surface area (Å²) in [4.78, 5) is 27.0. The van der Waals surface area contributed by atoms with Crippen LogP contribution >= 0.6 is 12.6 Å². The van der Waals surface area contributed by atoms with E-state index >= 15 is 0 Å². The van der Waals surface area contributed by atoms with Crippen molar-refractivity contribution in [3.05, 3.63) is 22.5 Å². The molecule has 1 aromatic rings. The molecule has 5 heteroatoms. The number of Topliss-reactive ketones (excluding diaryl/α,β-unsaturated/α-hetero) is 2. The molecule has 0 bridgehead atoms. The highest BCUT2D eigenvalue weighted by atomic mass is 32.1. The lowest BCUT2D eigenvalue weighted by molar-refractivity contribution is 0.0977. The maximum atomic E-state index is 11.5. The Balaban J connectivity index is 3.71. The summed E-state index contributed by atoms with van der Waals surface area (Å²) in [6, 6.07) is 0. The van der Waals surface area contributed by atoms with E-state index in [9.17, 15) is 14.7 Å². The van der Waals surface area contributed by atoms with Crippen molar-refractivity contribution in [1.82, 2.24) is 4.98 Å². The Hall–Kier alpha value is -1.36. The SMILES string of the molecule is CC(=O)c1c(CS)nc(C)c(O)c1C(C)=O. The second-order valence-electron chi connectivity index (χ2n) is 3.51. The van der Waals surface area contributed by atoms with Gasteiger partial charge in [0, 0.05) is 5.75 Å². The molecule has 0 aliphatic carbocycles. The first-order valence-electron chi connectivity index (χ1n) is 4.75. The molecule has 0 unspecified atom stereocenters. The van der Waals surface area contributed by atoms with Crippen LogP contribution in [0, 0.1) is 6.92 Å². The number of carbonyl (C=O) groups excluding carboxylic acids is 2.